The quantitative estimate of drug-likeness (QED) is 0.919. The first-order valence-electron chi connectivity index (χ1n) is 6.60. The molecule has 7 heteroatoms. The van der Waals surface area contributed by atoms with E-state index in [0.29, 0.717) is 37.5 Å². The third kappa shape index (κ3) is 3.68. The van der Waals surface area contributed by atoms with Gasteiger partial charge in [-0.2, -0.15) is 18.2 Å². The molecule has 4 nitrogen and oxygen atoms in total. The lowest BCUT2D eigenvalue weighted by atomic mass is 9.81. The number of rotatable bonds is 4. The molecule has 0 bridgehead atoms. The molecule has 1 fully saturated rings. The highest BCUT2D eigenvalue weighted by Gasteiger charge is 2.42. The van der Waals surface area contributed by atoms with Gasteiger partial charge in [-0.1, -0.05) is 5.16 Å². The second kappa shape index (κ2) is 5.90. The lowest BCUT2D eigenvalue weighted by Crippen LogP contribution is -2.27. The summed E-state index contributed by atoms with van der Waals surface area (Å²) in [5.74, 6) is -0.132. The Kier molecular flexibility index (Phi) is 4.44. The van der Waals surface area contributed by atoms with Crippen LogP contribution in [0, 0.1) is 5.92 Å². The number of hydrogen-bond acceptors (Lipinski definition) is 4. The van der Waals surface area contributed by atoms with Crippen LogP contribution >= 0.6 is 0 Å². The molecule has 0 spiro atoms. The van der Waals surface area contributed by atoms with Crippen molar-refractivity contribution in [3.05, 3.63) is 11.7 Å². The Hall–Kier alpha value is -1.11. The molecule has 0 radical (unpaired) electrons. The number of alkyl halides is 3. The van der Waals surface area contributed by atoms with Gasteiger partial charge in [-0.05, 0) is 38.6 Å². The zero-order valence-electron chi connectivity index (χ0n) is 10.6. The highest BCUT2D eigenvalue weighted by Crippen LogP contribution is 2.42. The van der Waals surface area contributed by atoms with Crippen molar-refractivity contribution in [2.45, 2.75) is 50.6 Å². The van der Waals surface area contributed by atoms with Crippen molar-refractivity contribution in [3.63, 3.8) is 0 Å². The van der Waals surface area contributed by atoms with Gasteiger partial charge in [0.15, 0.2) is 5.82 Å². The molecule has 0 saturated heterocycles. The monoisotopic (exact) mass is 277 g/mol. The Morgan fingerprint density at radius 3 is 2.47 bits per heavy atom. The van der Waals surface area contributed by atoms with Crippen LogP contribution in [0.25, 0.3) is 0 Å². The maximum Gasteiger partial charge on any atom is 0.391 e. The standard InChI is InChI=1S/C12H18F3N3O/c13-12(14,15)9-5-3-8(4-6-9)11-17-10(18-19-11)2-1-7-16/h8-9H,1-7,16H2. The van der Waals surface area contributed by atoms with Crippen molar-refractivity contribution in [2.75, 3.05) is 6.54 Å². The molecule has 2 rings (SSSR count). The van der Waals surface area contributed by atoms with Crippen molar-refractivity contribution in [2.24, 2.45) is 11.7 Å². The average Bonchev–Trinajstić information content (AvgIpc) is 2.84. The van der Waals surface area contributed by atoms with Gasteiger partial charge in [0, 0.05) is 12.3 Å². The van der Waals surface area contributed by atoms with Gasteiger partial charge < -0.3 is 10.3 Å². The summed E-state index contributed by atoms with van der Waals surface area (Å²) in [4.78, 5) is 4.24. The summed E-state index contributed by atoms with van der Waals surface area (Å²) in [5, 5.41) is 3.83. The predicted octanol–water partition coefficient (Wildman–Crippen LogP) is 2.80. The van der Waals surface area contributed by atoms with E-state index in [0.717, 1.165) is 6.42 Å². The first-order chi connectivity index (χ1) is 9.00. The van der Waals surface area contributed by atoms with E-state index in [-0.39, 0.29) is 18.8 Å². The molecule has 0 aliphatic heterocycles. The van der Waals surface area contributed by atoms with Crippen LogP contribution in [-0.4, -0.2) is 22.9 Å². The molecular weight excluding hydrogens is 259 g/mol. The first kappa shape index (κ1) is 14.3. The van der Waals surface area contributed by atoms with Crippen LogP contribution < -0.4 is 5.73 Å². The molecule has 0 amide bonds. The van der Waals surface area contributed by atoms with E-state index in [1.165, 1.54) is 0 Å². The van der Waals surface area contributed by atoms with E-state index >= 15 is 0 Å². The van der Waals surface area contributed by atoms with Crippen LogP contribution in [0.2, 0.25) is 0 Å². The second-order valence-electron chi connectivity index (χ2n) is 5.03. The molecule has 108 valence electrons. The van der Waals surface area contributed by atoms with Crippen LogP contribution in [0.15, 0.2) is 4.52 Å². The largest absolute Gasteiger partial charge is 0.391 e. The number of aryl methyl sites for hydroxylation is 1. The fraction of sp³-hybridized carbons (Fsp3) is 0.833. The van der Waals surface area contributed by atoms with E-state index in [1.54, 1.807) is 0 Å². The lowest BCUT2D eigenvalue weighted by Gasteiger charge is -2.27. The van der Waals surface area contributed by atoms with Crippen LogP contribution in [0.5, 0.6) is 0 Å². The summed E-state index contributed by atoms with van der Waals surface area (Å²) >= 11 is 0. The molecule has 0 unspecified atom stereocenters. The van der Waals surface area contributed by atoms with Crippen molar-refractivity contribution >= 4 is 0 Å². The average molecular weight is 277 g/mol. The third-order valence-electron chi connectivity index (χ3n) is 3.63. The SMILES string of the molecule is NCCCc1noc(C2CCC(C(F)(F)F)CC2)n1. The van der Waals surface area contributed by atoms with Crippen LogP contribution in [-0.2, 0) is 6.42 Å². The topological polar surface area (TPSA) is 64.9 Å². The summed E-state index contributed by atoms with van der Waals surface area (Å²) in [6.07, 6.45) is -1.43. The minimum atomic E-state index is -4.08. The molecule has 1 aromatic rings. The number of halogens is 3. The van der Waals surface area contributed by atoms with E-state index < -0.39 is 12.1 Å². The van der Waals surface area contributed by atoms with Gasteiger partial charge in [-0.25, -0.2) is 0 Å². The highest BCUT2D eigenvalue weighted by atomic mass is 19.4. The second-order valence-corrected chi connectivity index (χ2v) is 5.03. The summed E-state index contributed by atoms with van der Waals surface area (Å²) in [5.41, 5.74) is 5.39. The molecule has 1 aromatic heterocycles. The Bertz CT molecular complexity index is 397. The number of hydrogen-bond donors (Lipinski definition) is 1. The van der Waals surface area contributed by atoms with Gasteiger partial charge in [0.1, 0.15) is 0 Å². The van der Waals surface area contributed by atoms with E-state index in [9.17, 15) is 13.2 Å². The maximum atomic E-state index is 12.6. The van der Waals surface area contributed by atoms with Crippen LogP contribution in [0.3, 0.4) is 0 Å². The Balaban J connectivity index is 1.89. The predicted molar refractivity (Wildman–Crippen MR) is 62.4 cm³/mol. The highest BCUT2D eigenvalue weighted by molar-refractivity contribution is 4.97. The van der Waals surface area contributed by atoms with Crippen LogP contribution in [0.4, 0.5) is 13.2 Å². The molecule has 1 saturated carbocycles. The van der Waals surface area contributed by atoms with Gasteiger partial charge in [-0.15, -0.1) is 0 Å². The van der Waals surface area contributed by atoms with Gasteiger partial charge in [0.25, 0.3) is 0 Å². The van der Waals surface area contributed by atoms with Gasteiger partial charge in [0.05, 0.1) is 5.92 Å². The molecule has 1 aliphatic carbocycles. The molecule has 19 heavy (non-hydrogen) atoms. The summed E-state index contributed by atoms with van der Waals surface area (Å²) in [6, 6.07) is 0. The molecule has 2 N–H and O–H groups in total. The van der Waals surface area contributed by atoms with E-state index in [1.807, 2.05) is 0 Å². The lowest BCUT2D eigenvalue weighted by molar-refractivity contribution is -0.182. The number of nitrogens with zero attached hydrogens (tertiary/aromatic N) is 2. The van der Waals surface area contributed by atoms with E-state index in [2.05, 4.69) is 10.1 Å². The first-order valence-corrected chi connectivity index (χ1v) is 6.60. The van der Waals surface area contributed by atoms with Gasteiger partial charge in [0.2, 0.25) is 5.89 Å². The maximum absolute atomic E-state index is 12.6. The molecular formula is C12H18F3N3O. The molecule has 0 aromatic carbocycles. The van der Waals surface area contributed by atoms with Crippen molar-refractivity contribution in [3.8, 4) is 0 Å². The minimum absolute atomic E-state index is 0.0299. The van der Waals surface area contributed by atoms with Crippen molar-refractivity contribution in [1.82, 2.24) is 10.1 Å². The Morgan fingerprint density at radius 1 is 1.21 bits per heavy atom. The molecule has 0 atom stereocenters. The number of aromatic nitrogens is 2. The normalized spacial score (nSPS) is 24.6. The fourth-order valence-corrected chi connectivity index (χ4v) is 2.46. The summed E-state index contributed by atoms with van der Waals surface area (Å²) in [7, 11) is 0. The zero-order chi connectivity index (χ0) is 13.9. The van der Waals surface area contributed by atoms with Crippen molar-refractivity contribution in [1.29, 1.82) is 0 Å². The smallest absolute Gasteiger partial charge is 0.339 e. The van der Waals surface area contributed by atoms with Crippen molar-refractivity contribution < 1.29 is 17.7 Å². The third-order valence-corrected chi connectivity index (χ3v) is 3.63. The zero-order valence-corrected chi connectivity index (χ0v) is 10.6. The Morgan fingerprint density at radius 2 is 1.89 bits per heavy atom. The summed E-state index contributed by atoms with van der Waals surface area (Å²) in [6.45, 7) is 0.556. The minimum Gasteiger partial charge on any atom is -0.339 e. The molecule has 1 heterocycles. The van der Waals surface area contributed by atoms with Gasteiger partial charge >= 0.3 is 6.18 Å². The Labute approximate surface area is 109 Å². The van der Waals surface area contributed by atoms with E-state index in [4.69, 9.17) is 10.3 Å². The number of nitrogens with two attached hydrogens (primary N) is 1. The van der Waals surface area contributed by atoms with Gasteiger partial charge in [-0.3, -0.25) is 0 Å². The molecule has 1 aliphatic rings. The summed E-state index contributed by atoms with van der Waals surface area (Å²) < 4.78 is 42.8. The fourth-order valence-electron chi connectivity index (χ4n) is 2.46. The van der Waals surface area contributed by atoms with Crippen LogP contribution in [0.1, 0.15) is 49.7 Å².